The summed E-state index contributed by atoms with van der Waals surface area (Å²) in [5, 5.41) is 11.0. The summed E-state index contributed by atoms with van der Waals surface area (Å²) < 4.78 is 26.3. The van der Waals surface area contributed by atoms with Gasteiger partial charge in [0.2, 0.25) is 10.0 Å². The number of sulfonamides is 1. The number of para-hydroxylation sites is 1. The van der Waals surface area contributed by atoms with Gasteiger partial charge in [-0.3, -0.25) is 10.1 Å². The van der Waals surface area contributed by atoms with E-state index in [4.69, 9.17) is 0 Å². The molecule has 0 heterocycles. The predicted octanol–water partition coefficient (Wildman–Crippen LogP) is 2.98. The van der Waals surface area contributed by atoms with E-state index in [2.05, 4.69) is 0 Å². The minimum Gasteiger partial charge on any atom is -0.258 e. The molecule has 0 aliphatic heterocycles. The summed E-state index contributed by atoms with van der Waals surface area (Å²) in [6, 6.07) is 13.0. The van der Waals surface area contributed by atoms with Crippen molar-refractivity contribution < 1.29 is 13.3 Å². The first-order valence-corrected chi connectivity index (χ1v) is 8.58. The molecule has 0 aliphatic carbocycles. The summed E-state index contributed by atoms with van der Waals surface area (Å²) in [6.45, 7) is 2.19. The number of nitrogens with zero attached hydrogens (tertiary/aromatic N) is 2. The van der Waals surface area contributed by atoms with E-state index in [1.54, 1.807) is 0 Å². The molecule has 23 heavy (non-hydrogen) atoms. The van der Waals surface area contributed by atoms with Crippen molar-refractivity contribution in [3.8, 4) is 0 Å². The van der Waals surface area contributed by atoms with Crippen LogP contribution in [-0.2, 0) is 23.0 Å². The van der Waals surface area contributed by atoms with Crippen molar-refractivity contribution in [2.24, 2.45) is 0 Å². The molecule has 0 amide bonds. The molecule has 0 aromatic heterocycles. The number of benzene rings is 2. The lowest BCUT2D eigenvalue weighted by Gasteiger charge is -2.17. The highest BCUT2D eigenvalue weighted by molar-refractivity contribution is 7.89. The molecular formula is C16H18N2O4S. The van der Waals surface area contributed by atoms with Crippen LogP contribution in [0.5, 0.6) is 0 Å². The first-order valence-electron chi connectivity index (χ1n) is 7.14. The molecule has 0 spiro atoms. The molecular weight excluding hydrogens is 316 g/mol. The van der Waals surface area contributed by atoms with E-state index in [9.17, 15) is 18.5 Å². The standard InChI is InChI=1S/C16H18N2O4S/c1-3-13-8-10-14(11-9-13)12-17(2)23(21,22)16-7-5-4-6-15(16)18(19)20/h4-11H,3,12H2,1-2H3. The van der Waals surface area contributed by atoms with Gasteiger partial charge in [0.25, 0.3) is 5.69 Å². The lowest BCUT2D eigenvalue weighted by atomic mass is 10.1. The first kappa shape index (κ1) is 17.1. The van der Waals surface area contributed by atoms with Gasteiger partial charge in [-0.15, -0.1) is 0 Å². The maximum atomic E-state index is 12.6. The second-order valence-corrected chi connectivity index (χ2v) is 7.17. The Morgan fingerprint density at radius 2 is 1.61 bits per heavy atom. The maximum Gasteiger partial charge on any atom is 0.289 e. The lowest BCUT2D eigenvalue weighted by molar-refractivity contribution is -0.387. The number of nitro benzene ring substituents is 1. The molecule has 0 aliphatic rings. The molecule has 2 aromatic rings. The average Bonchev–Trinajstić information content (AvgIpc) is 2.55. The van der Waals surface area contributed by atoms with Crippen molar-refractivity contribution in [2.45, 2.75) is 24.8 Å². The molecule has 0 radical (unpaired) electrons. The van der Waals surface area contributed by atoms with E-state index < -0.39 is 20.6 Å². The fourth-order valence-corrected chi connectivity index (χ4v) is 3.53. The van der Waals surface area contributed by atoms with E-state index in [1.807, 2.05) is 31.2 Å². The van der Waals surface area contributed by atoms with E-state index in [0.717, 1.165) is 21.9 Å². The Labute approximate surface area is 135 Å². The Balaban J connectivity index is 2.30. The van der Waals surface area contributed by atoms with Crippen LogP contribution >= 0.6 is 0 Å². The molecule has 0 fully saturated rings. The number of nitro groups is 1. The SMILES string of the molecule is CCc1ccc(CN(C)S(=O)(=O)c2ccccc2[N+](=O)[O-])cc1. The Morgan fingerprint density at radius 3 is 2.17 bits per heavy atom. The number of hydrogen-bond donors (Lipinski definition) is 0. The van der Waals surface area contributed by atoms with E-state index in [1.165, 1.54) is 31.3 Å². The second-order valence-electron chi connectivity index (χ2n) is 5.16. The highest BCUT2D eigenvalue weighted by Crippen LogP contribution is 2.26. The lowest BCUT2D eigenvalue weighted by Crippen LogP contribution is -2.27. The minimum absolute atomic E-state index is 0.151. The van der Waals surface area contributed by atoms with Crippen LogP contribution in [0.25, 0.3) is 0 Å². The van der Waals surface area contributed by atoms with Gasteiger partial charge >= 0.3 is 0 Å². The van der Waals surface area contributed by atoms with Crippen LogP contribution in [0.2, 0.25) is 0 Å². The zero-order valence-electron chi connectivity index (χ0n) is 13.0. The van der Waals surface area contributed by atoms with E-state index >= 15 is 0 Å². The van der Waals surface area contributed by atoms with Crippen molar-refractivity contribution in [3.05, 3.63) is 69.8 Å². The summed E-state index contributed by atoms with van der Waals surface area (Å²) in [5.41, 5.74) is 1.57. The van der Waals surface area contributed by atoms with Crippen LogP contribution in [0.3, 0.4) is 0 Å². The quantitative estimate of drug-likeness (QED) is 0.601. The van der Waals surface area contributed by atoms with Crippen molar-refractivity contribution >= 4 is 15.7 Å². The monoisotopic (exact) mass is 334 g/mol. The molecule has 7 heteroatoms. The fraction of sp³-hybridized carbons (Fsp3) is 0.250. The van der Waals surface area contributed by atoms with Crippen molar-refractivity contribution in [1.82, 2.24) is 4.31 Å². The molecule has 2 rings (SSSR count). The van der Waals surface area contributed by atoms with E-state index in [-0.39, 0.29) is 11.4 Å². The van der Waals surface area contributed by atoms with Crippen molar-refractivity contribution in [3.63, 3.8) is 0 Å². The highest BCUT2D eigenvalue weighted by atomic mass is 32.2. The molecule has 0 saturated carbocycles. The van der Waals surface area contributed by atoms with Gasteiger partial charge in [-0.1, -0.05) is 43.3 Å². The van der Waals surface area contributed by atoms with Crippen LogP contribution in [0.1, 0.15) is 18.1 Å². The fourth-order valence-electron chi connectivity index (χ4n) is 2.22. The van der Waals surface area contributed by atoms with Gasteiger partial charge in [-0.05, 0) is 23.6 Å². The van der Waals surface area contributed by atoms with Crippen LogP contribution in [0.15, 0.2) is 53.4 Å². The zero-order valence-corrected chi connectivity index (χ0v) is 13.8. The van der Waals surface area contributed by atoms with Crippen LogP contribution in [0.4, 0.5) is 5.69 Å². The molecule has 0 atom stereocenters. The van der Waals surface area contributed by atoms with Gasteiger partial charge in [-0.25, -0.2) is 8.42 Å². The average molecular weight is 334 g/mol. The first-order chi connectivity index (χ1) is 10.9. The summed E-state index contributed by atoms with van der Waals surface area (Å²) in [6.07, 6.45) is 0.907. The van der Waals surface area contributed by atoms with Crippen molar-refractivity contribution in [1.29, 1.82) is 0 Å². The topological polar surface area (TPSA) is 80.5 Å². The molecule has 0 saturated heterocycles. The predicted molar refractivity (Wildman–Crippen MR) is 87.6 cm³/mol. The molecule has 122 valence electrons. The third-order valence-corrected chi connectivity index (χ3v) is 5.44. The third-order valence-electron chi connectivity index (χ3n) is 3.59. The van der Waals surface area contributed by atoms with E-state index in [0.29, 0.717) is 0 Å². The van der Waals surface area contributed by atoms with Crippen LogP contribution in [-0.4, -0.2) is 24.7 Å². The third kappa shape index (κ3) is 3.75. The Morgan fingerprint density at radius 1 is 1.04 bits per heavy atom. The molecule has 6 nitrogen and oxygen atoms in total. The second kappa shape index (κ2) is 6.89. The Hall–Kier alpha value is -2.25. The Kier molecular flexibility index (Phi) is 5.12. The maximum absolute atomic E-state index is 12.6. The normalized spacial score (nSPS) is 11.6. The molecule has 0 N–H and O–H groups in total. The molecule has 0 bridgehead atoms. The van der Waals surface area contributed by atoms with Gasteiger partial charge < -0.3 is 0 Å². The van der Waals surface area contributed by atoms with Gasteiger partial charge in [0.05, 0.1) is 4.92 Å². The zero-order chi connectivity index (χ0) is 17.0. The van der Waals surface area contributed by atoms with Crippen LogP contribution < -0.4 is 0 Å². The smallest absolute Gasteiger partial charge is 0.258 e. The number of rotatable bonds is 6. The van der Waals surface area contributed by atoms with Gasteiger partial charge in [0.15, 0.2) is 4.90 Å². The molecule has 2 aromatic carbocycles. The number of hydrogen-bond acceptors (Lipinski definition) is 4. The van der Waals surface area contributed by atoms with Crippen molar-refractivity contribution in [2.75, 3.05) is 7.05 Å². The van der Waals surface area contributed by atoms with Gasteiger partial charge in [0.1, 0.15) is 0 Å². The summed E-state index contributed by atoms with van der Waals surface area (Å²) in [5.74, 6) is 0. The summed E-state index contributed by atoms with van der Waals surface area (Å²) >= 11 is 0. The van der Waals surface area contributed by atoms with Crippen LogP contribution in [0, 0.1) is 10.1 Å². The number of aryl methyl sites for hydroxylation is 1. The highest BCUT2D eigenvalue weighted by Gasteiger charge is 2.28. The minimum atomic E-state index is -3.94. The van der Waals surface area contributed by atoms with Gasteiger partial charge in [-0.2, -0.15) is 4.31 Å². The molecule has 0 unspecified atom stereocenters. The largest absolute Gasteiger partial charge is 0.289 e. The van der Waals surface area contributed by atoms with Gasteiger partial charge in [0, 0.05) is 19.7 Å². The summed E-state index contributed by atoms with van der Waals surface area (Å²) in [7, 11) is -2.52. The summed E-state index contributed by atoms with van der Waals surface area (Å²) in [4.78, 5) is 10.1. The Bertz CT molecular complexity index is 801.